The lowest BCUT2D eigenvalue weighted by molar-refractivity contribution is 0.992. The molecule has 9 nitrogen and oxygen atoms in total. The molecule has 0 aliphatic rings. The van der Waals surface area contributed by atoms with Crippen LogP contribution in [-0.2, 0) is 0 Å². The van der Waals surface area contributed by atoms with Gasteiger partial charge in [0.15, 0.2) is 46.6 Å². The van der Waals surface area contributed by atoms with E-state index < -0.39 is 0 Å². The van der Waals surface area contributed by atoms with Gasteiger partial charge < -0.3 is 0 Å². The van der Waals surface area contributed by atoms with Crippen LogP contribution in [-0.4, -0.2) is 44.9 Å². The Kier molecular flexibility index (Phi) is 21.5. The summed E-state index contributed by atoms with van der Waals surface area (Å²) < 4.78 is 0. The number of aryl methyl sites for hydroxylation is 5. The van der Waals surface area contributed by atoms with Crippen LogP contribution < -0.4 is 0 Å². The second-order valence-corrected chi connectivity index (χ2v) is 26.8. The van der Waals surface area contributed by atoms with Crippen LogP contribution in [0.4, 0.5) is 0 Å². The van der Waals surface area contributed by atoms with Gasteiger partial charge in [-0.2, -0.15) is 0 Å². The summed E-state index contributed by atoms with van der Waals surface area (Å²) in [6, 6.07) is 129. The summed E-state index contributed by atoms with van der Waals surface area (Å²) >= 11 is 0. The quantitative estimate of drug-likeness (QED) is 0.130. The van der Waals surface area contributed by atoms with Gasteiger partial charge >= 0.3 is 0 Å². The Labute approximate surface area is 635 Å². The fraction of sp³-hybridized carbons (Fsp3) is 0.0500. The first-order chi connectivity index (χ1) is 53.6. The van der Waals surface area contributed by atoms with E-state index in [0.29, 0.717) is 46.6 Å². The van der Waals surface area contributed by atoms with Gasteiger partial charge in [0.05, 0.1) is 0 Å². The standard InChI is InChI=1S/C25H18.2C22H17N3.C16H13N3.C15H12/c1-17-10-11-19-15-21(13-12-18(19)14-17)25-16-20-6-2-3-7-22(20)23-8-4-5-9-24(23)25;1-16-9-8-14-19(15-16)22-24-20(17-10-4-2-5-11-17)23-21(25-22)18-12-6-3-7-13-18;1-16-12-14-19(15-13-16)22-24-20(17-8-4-2-5-9-17)23-21(25-22)18-10-6-3-7-11-18;1-12-17-15(13-8-4-2-5-9-13)19-16(18-12)14-10-6-3-7-11-14;1-11-10-12-6-2-3-8-14(12)15-9-5-4-7-13(11)15/h2-16H,1H3;2*2-15H,1H3;2-11H,1H3;2-10H,1H3. The number of benzene rings is 16. The fourth-order valence-corrected chi connectivity index (χ4v) is 13.3. The van der Waals surface area contributed by atoms with Crippen molar-refractivity contribution in [3.63, 3.8) is 0 Å². The van der Waals surface area contributed by atoms with Crippen molar-refractivity contribution in [1.29, 1.82) is 0 Å². The van der Waals surface area contributed by atoms with Crippen molar-refractivity contribution in [2.24, 2.45) is 0 Å². The van der Waals surface area contributed by atoms with Crippen LogP contribution in [0.25, 0.3) is 156 Å². The van der Waals surface area contributed by atoms with Gasteiger partial charge in [-0.25, -0.2) is 44.9 Å². The predicted octanol–water partition coefficient (Wildman–Crippen LogP) is 25.3. The molecule has 0 aliphatic heterocycles. The summed E-state index contributed by atoms with van der Waals surface area (Å²) in [6.07, 6.45) is 0. The van der Waals surface area contributed by atoms with E-state index in [2.05, 4.69) is 213 Å². The second-order valence-electron chi connectivity index (χ2n) is 26.8. The Balaban J connectivity index is 0.000000110. The molecule has 0 N–H and O–H groups in total. The minimum Gasteiger partial charge on any atom is -0.213 e. The lowest BCUT2D eigenvalue weighted by Gasteiger charge is -2.12. The number of nitrogens with zero attached hydrogens (tertiary/aromatic N) is 9. The molecular weight excluding hydrogens is 1330 g/mol. The highest BCUT2D eigenvalue weighted by atomic mass is 15.0. The fourth-order valence-electron chi connectivity index (χ4n) is 13.3. The van der Waals surface area contributed by atoms with Crippen LogP contribution in [0.15, 0.2) is 376 Å². The molecule has 0 saturated heterocycles. The Morgan fingerprint density at radius 2 is 0.450 bits per heavy atom. The van der Waals surface area contributed by atoms with E-state index in [-0.39, 0.29) is 0 Å². The smallest absolute Gasteiger partial charge is 0.164 e. The Bertz CT molecular complexity index is 6150. The summed E-state index contributed by atoms with van der Waals surface area (Å²) in [4.78, 5) is 41.6. The van der Waals surface area contributed by atoms with Gasteiger partial charge in [0.25, 0.3) is 0 Å². The van der Waals surface area contributed by atoms with E-state index in [9.17, 15) is 0 Å². The topological polar surface area (TPSA) is 116 Å². The summed E-state index contributed by atoms with van der Waals surface area (Å²) in [5.41, 5.74) is 15.5. The Hall–Kier alpha value is -14.2. The van der Waals surface area contributed by atoms with E-state index in [1.54, 1.807) is 0 Å². The van der Waals surface area contributed by atoms with E-state index >= 15 is 0 Å². The highest BCUT2D eigenvalue weighted by Crippen LogP contribution is 2.37. The molecule has 0 fully saturated rings. The summed E-state index contributed by atoms with van der Waals surface area (Å²) in [6.45, 7) is 10.3. The van der Waals surface area contributed by atoms with E-state index in [0.717, 1.165) is 50.3 Å². The summed E-state index contributed by atoms with van der Waals surface area (Å²) in [7, 11) is 0. The third-order valence-electron chi connectivity index (χ3n) is 18.8. The number of rotatable bonds is 9. The van der Waals surface area contributed by atoms with Gasteiger partial charge in [0, 0.05) is 44.5 Å². The maximum absolute atomic E-state index is 4.72. The first kappa shape index (κ1) is 70.5. The van der Waals surface area contributed by atoms with Crippen molar-refractivity contribution >= 4 is 53.9 Å². The van der Waals surface area contributed by atoms with Gasteiger partial charge in [-0.1, -0.05) is 375 Å². The molecule has 3 aromatic heterocycles. The lowest BCUT2D eigenvalue weighted by Crippen LogP contribution is -2.00. The van der Waals surface area contributed by atoms with Crippen LogP contribution in [0, 0.1) is 34.6 Å². The van der Waals surface area contributed by atoms with Crippen molar-refractivity contribution in [1.82, 2.24) is 44.9 Å². The van der Waals surface area contributed by atoms with E-state index in [1.165, 1.54) is 87.2 Å². The maximum Gasteiger partial charge on any atom is 0.164 e. The van der Waals surface area contributed by atoms with Gasteiger partial charge in [-0.15, -0.1) is 0 Å². The van der Waals surface area contributed by atoms with Gasteiger partial charge in [-0.05, 0) is 123 Å². The van der Waals surface area contributed by atoms with E-state index in [1.807, 2.05) is 213 Å². The Morgan fingerprint density at radius 3 is 0.881 bits per heavy atom. The van der Waals surface area contributed by atoms with Crippen molar-refractivity contribution in [2.45, 2.75) is 34.6 Å². The number of aromatic nitrogens is 9. The van der Waals surface area contributed by atoms with Gasteiger partial charge in [0.2, 0.25) is 0 Å². The van der Waals surface area contributed by atoms with Gasteiger partial charge in [0.1, 0.15) is 5.82 Å². The predicted molar refractivity (Wildman–Crippen MR) is 453 cm³/mol. The number of hydrogen-bond acceptors (Lipinski definition) is 9. The molecule has 0 unspecified atom stereocenters. The molecule has 0 bridgehead atoms. The maximum atomic E-state index is 4.72. The molecule has 19 rings (SSSR count). The molecule has 0 atom stereocenters. The molecule has 0 amide bonds. The van der Waals surface area contributed by atoms with Crippen LogP contribution in [0.2, 0.25) is 0 Å². The largest absolute Gasteiger partial charge is 0.213 e. The monoisotopic (exact) mass is 1400 g/mol. The van der Waals surface area contributed by atoms with Crippen molar-refractivity contribution in [2.75, 3.05) is 0 Å². The highest BCUT2D eigenvalue weighted by molar-refractivity contribution is 6.14. The molecule has 3 heterocycles. The minimum absolute atomic E-state index is 0.685. The molecule has 0 saturated carbocycles. The van der Waals surface area contributed by atoms with E-state index in [4.69, 9.17) is 29.9 Å². The number of hydrogen-bond donors (Lipinski definition) is 0. The van der Waals surface area contributed by atoms with Crippen molar-refractivity contribution in [3.05, 3.63) is 404 Å². The first-order valence-corrected chi connectivity index (χ1v) is 36.6. The molecule has 522 valence electrons. The Morgan fingerprint density at radius 1 is 0.156 bits per heavy atom. The molecule has 0 spiro atoms. The van der Waals surface area contributed by atoms with Crippen molar-refractivity contribution in [3.8, 4) is 102 Å². The zero-order valence-electron chi connectivity index (χ0n) is 61.3. The number of fused-ring (bicyclic) bond motifs is 7. The summed E-state index contributed by atoms with van der Waals surface area (Å²) in [5, 5.41) is 13.2. The molecule has 0 radical (unpaired) electrons. The van der Waals surface area contributed by atoms with Crippen molar-refractivity contribution < 1.29 is 0 Å². The third kappa shape index (κ3) is 17.0. The average Bonchev–Trinajstić information content (AvgIpc) is 0.768. The average molecular weight is 1400 g/mol. The molecule has 19 aromatic rings. The molecule has 16 aromatic carbocycles. The first-order valence-electron chi connectivity index (χ1n) is 36.6. The molecule has 0 aliphatic carbocycles. The highest BCUT2D eigenvalue weighted by Gasteiger charge is 2.16. The normalized spacial score (nSPS) is 10.8. The van der Waals surface area contributed by atoms with Crippen LogP contribution in [0.3, 0.4) is 0 Å². The SMILES string of the molecule is Cc1cc2ccccc2c2ccccc12.Cc1ccc(-c2nc(-c3ccccc3)nc(-c3ccccc3)n2)cc1.Cc1ccc2cc(-c3cc4ccccc4c4ccccc34)ccc2c1.Cc1cccc(-c2nc(-c3ccccc3)nc(-c3ccccc3)n2)c1.Cc1nc(-c2ccccc2)nc(-c2ccccc2)n1. The lowest BCUT2D eigenvalue weighted by atomic mass is 9.92. The second kappa shape index (κ2) is 33.3. The third-order valence-corrected chi connectivity index (χ3v) is 18.8. The zero-order chi connectivity index (χ0) is 74.3. The zero-order valence-corrected chi connectivity index (χ0v) is 61.3. The van der Waals surface area contributed by atoms with Gasteiger partial charge in [-0.3, -0.25) is 0 Å². The van der Waals surface area contributed by atoms with Crippen LogP contribution in [0.1, 0.15) is 28.1 Å². The van der Waals surface area contributed by atoms with Crippen LogP contribution >= 0.6 is 0 Å². The molecular formula is C100H77N9. The molecule has 109 heavy (non-hydrogen) atoms. The minimum atomic E-state index is 0.685. The van der Waals surface area contributed by atoms with Crippen LogP contribution in [0.5, 0.6) is 0 Å². The molecule has 9 heteroatoms. The summed E-state index contributed by atoms with van der Waals surface area (Å²) in [5.74, 6) is 6.28.